The minimum Gasteiger partial charge on any atom is -0.361 e. The average Bonchev–Trinajstić information content (AvgIpc) is 3.30. The van der Waals surface area contributed by atoms with E-state index in [-0.39, 0.29) is 6.98 Å². The Bertz CT molecular complexity index is 2680. The lowest BCUT2D eigenvalue weighted by atomic mass is 9.53. The molecule has 0 aromatic heterocycles. The molecule has 0 amide bonds. The second-order valence-electron chi connectivity index (χ2n) is 14.9. The van der Waals surface area contributed by atoms with Gasteiger partial charge in [0.2, 0.25) is 0 Å². The molecule has 57 heavy (non-hydrogen) atoms. The van der Waals surface area contributed by atoms with Crippen LogP contribution < -0.4 is 15.1 Å². The van der Waals surface area contributed by atoms with E-state index in [9.17, 15) is 0 Å². The van der Waals surface area contributed by atoms with Gasteiger partial charge in [-0.3, -0.25) is 0 Å². The molecule has 2 heterocycles. The van der Waals surface area contributed by atoms with Gasteiger partial charge in [0.15, 0.2) is 0 Å². The van der Waals surface area contributed by atoms with E-state index in [4.69, 9.17) is 0 Å². The summed E-state index contributed by atoms with van der Waals surface area (Å²) < 4.78 is 0. The van der Waals surface area contributed by atoms with Crippen LogP contribution in [0, 0.1) is 0 Å². The van der Waals surface area contributed by atoms with Crippen molar-refractivity contribution >= 4 is 35.2 Å². The number of benzene rings is 9. The van der Waals surface area contributed by atoms with E-state index in [1.807, 2.05) is 0 Å². The van der Waals surface area contributed by atoms with Gasteiger partial charge < -0.3 is 9.62 Å². The quantitative estimate of drug-likeness (QED) is 0.158. The molecule has 0 unspecified atom stereocenters. The van der Waals surface area contributed by atoms with E-state index < -0.39 is 0 Å². The van der Waals surface area contributed by atoms with Crippen LogP contribution in [0.5, 0.6) is 0 Å². The van der Waals surface area contributed by atoms with Gasteiger partial charge in [-0.05, 0) is 110 Å². The molecule has 11 rings (SSSR count). The number of nitrogens with zero attached hydrogens (tertiary/aromatic N) is 2. The topological polar surface area (TPSA) is 6.48 Å². The molecule has 2 aliphatic heterocycles. The highest BCUT2D eigenvalue weighted by Crippen LogP contribution is 2.50. The number of hydrogen-bond donors (Lipinski definition) is 0. The van der Waals surface area contributed by atoms with E-state index in [0.29, 0.717) is 0 Å². The van der Waals surface area contributed by atoms with Crippen LogP contribution in [-0.2, 0) is 0 Å². The summed E-state index contributed by atoms with van der Waals surface area (Å²) in [5.74, 6) is 0. The molecule has 9 aromatic rings. The van der Waals surface area contributed by atoms with E-state index >= 15 is 0 Å². The molecule has 9 aromatic carbocycles. The zero-order valence-electron chi connectivity index (χ0n) is 31.3. The SMILES string of the molecule is c1ccc(-c2ccc(N3B4c5c(cccc5-c5cc(-c6ccccc6)ccc5N4c4ccc(-c5ccccc5)cc4)-c4cc(-c5ccccc5)ccc43)cc2)cc1. The van der Waals surface area contributed by atoms with Crippen LogP contribution in [0.2, 0.25) is 0 Å². The molecular formula is C54H37BN2. The van der Waals surface area contributed by atoms with Gasteiger partial charge >= 0.3 is 6.98 Å². The lowest BCUT2D eigenvalue weighted by Gasteiger charge is -2.48. The Labute approximate surface area is 334 Å². The Morgan fingerprint density at radius 1 is 0.246 bits per heavy atom. The zero-order chi connectivity index (χ0) is 37.7. The van der Waals surface area contributed by atoms with Gasteiger partial charge in [-0.1, -0.05) is 176 Å². The van der Waals surface area contributed by atoms with Gasteiger partial charge in [0.05, 0.1) is 0 Å². The minimum absolute atomic E-state index is 0.161. The first kappa shape index (κ1) is 33.0. The predicted molar refractivity (Wildman–Crippen MR) is 242 cm³/mol. The Hall–Kier alpha value is -7.36. The molecule has 0 fully saturated rings. The van der Waals surface area contributed by atoms with Crippen LogP contribution in [0.25, 0.3) is 66.8 Å². The molecule has 2 nitrogen and oxygen atoms in total. The van der Waals surface area contributed by atoms with Crippen molar-refractivity contribution in [3.63, 3.8) is 0 Å². The smallest absolute Gasteiger partial charge is 0.361 e. The fraction of sp³-hybridized carbons (Fsp3) is 0. The Balaban J connectivity index is 1.17. The Kier molecular flexibility index (Phi) is 7.96. The maximum atomic E-state index is 2.57. The van der Waals surface area contributed by atoms with Crippen molar-refractivity contribution in [3.8, 4) is 66.8 Å². The van der Waals surface area contributed by atoms with Crippen molar-refractivity contribution < 1.29 is 0 Å². The lowest BCUT2D eigenvalue weighted by Crippen LogP contribution is -2.61. The van der Waals surface area contributed by atoms with E-state index in [1.165, 1.54) is 83.6 Å². The van der Waals surface area contributed by atoms with Crippen molar-refractivity contribution in [2.24, 2.45) is 0 Å². The lowest BCUT2D eigenvalue weighted by molar-refractivity contribution is 1.26. The third-order valence-corrected chi connectivity index (χ3v) is 11.7. The first-order valence-corrected chi connectivity index (χ1v) is 19.7. The summed E-state index contributed by atoms with van der Waals surface area (Å²) in [5.41, 5.74) is 20.6. The monoisotopic (exact) mass is 724 g/mol. The Morgan fingerprint density at radius 3 is 0.930 bits per heavy atom. The first-order valence-electron chi connectivity index (χ1n) is 19.7. The zero-order valence-corrected chi connectivity index (χ0v) is 31.3. The summed E-state index contributed by atoms with van der Waals surface area (Å²) in [6.07, 6.45) is 0. The molecule has 0 N–H and O–H groups in total. The highest BCUT2D eigenvalue weighted by molar-refractivity contribution is 6.86. The normalized spacial score (nSPS) is 12.5. The van der Waals surface area contributed by atoms with Gasteiger partial charge in [-0.2, -0.15) is 0 Å². The summed E-state index contributed by atoms with van der Waals surface area (Å²) in [5, 5.41) is 0. The van der Waals surface area contributed by atoms with Crippen LogP contribution in [0.1, 0.15) is 0 Å². The summed E-state index contributed by atoms with van der Waals surface area (Å²) >= 11 is 0. The fourth-order valence-corrected chi connectivity index (χ4v) is 8.95. The molecule has 0 atom stereocenters. The van der Waals surface area contributed by atoms with Gasteiger partial charge in [-0.25, -0.2) is 0 Å². The second-order valence-corrected chi connectivity index (χ2v) is 14.9. The molecule has 266 valence electrons. The van der Waals surface area contributed by atoms with Crippen LogP contribution in [-0.4, -0.2) is 6.98 Å². The molecule has 0 radical (unpaired) electrons. The summed E-state index contributed by atoms with van der Waals surface area (Å²) in [6.45, 7) is -0.161. The standard InChI is InChI=1S/C54H37BN2/c1-5-14-38(15-6-1)42-24-30-46(31-25-42)56-52-34-28-44(40-18-9-3-10-19-40)36-50(52)48-22-13-23-49-51-37-45(41-20-11-4-12-21-41)29-35-53(51)57(55(56)54(48)49)47-32-26-43(27-33-47)39-16-7-2-8-17-39/h1-37H. The van der Waals surface area contributed by atoms with Gasteiger partial charge in [0.1, 0.15) is 0 Å². The van der Waals surface area contributed by atoms with Gasteiger partial charge in [0, 0.05) is 33.9 Å². The van der Waals surface area contributed by atoms with Crippen molar-refractivity contribution in [2.45, 2.75) is 0 Å². The second kappa shape index (κ2) is 13.7. The fourth-order valence-electron chi connectivity index (χ4n) is 8.95. The summed E-state index contributed by atoms with van der Waals surface area (Å²) in [4.78, 5) is 5.15. The number of hydrogen-bond acceptors (Lipinski definition) is 2. The summed E-state index contributed by atoms with van der Waals surface area (Å²) in [7, 11) is 0. The predicted octanol–water partition coefficient (Wildman–Crippen LogP) is 13.7. The third kappa shape index (κ3) is 5.67. The van der Waals surface area contributed by atoms with Crippen molar-refractivity contribution in [2.75, 3.05) is 9.62 Å². The highest BCUT2D eigenvalue weighted by atomic mass is 15.2. The number of anilines is 4. The molecular weight excluding hydrogens is 687 g/mol. The molecule has 2 aliphatic rings. The van der Waals surface area contributed by atoms with Crippen LogP contribution in [0.3, 0.4) is 0 Å². The molecule has 0 saturated carbocycles. The molecule has 0 saturated heterocycles. The van der Waals surface area contributed by atoms with Gasteiger partial charge in [0.25, 0.3) is 0 Å². The maximum absolute atomic E-state index is 2.57. The Morgan fingerprint density at radius 2 is 0.561 bits per heavy atom. The van der Waals surface area contributed by atoms with Crippen LogP contribution >= 0.6 is 0 Å². The van der Waals surface area contributed by atoms with Crippen molar-refractivity contribution in [1.82, 2.24) is 0 Å². The van der Waals surface area contributed by atoms with E-state index in [1.54, 1.807) is 0 Å². The molecule has 3 heteroatoms. The molecule has 0 bridgehead atoms. The van der Waals surface area contributed by atoms with E-state index in [2.05, 4.69) is 234 Å². The van der Waals surface area contributed by atoms with Crippen LogP contribution in [0.15, 0.2) is 224 Å². The van der Waals surface area contributed by atoms with Crippen molar-refractivity contribution in [3.05, 3.63) is 224 Å². The minimum atomic E-state index is -0.161. The largest absolute Gasteiger partial charge is 0.421 e. The first-order chi connectivity index (χ1) is 28.3. The maximum Gasteiger partial charge on any atom is 0.421 e. The number of rotatable bonds is 6. The summed E-state index contributed by atoms with van der Waals surface area (Å²) in [6, 6.07) is 82.0. The highest BCUT2D eigenvalue weighted by Gasteiger charge is 2.47. The number of fused-ring (bicyclic) bond motifs is 4. The van der Waals surface area contributed by atoms with Crippen molar-refractivity contribution in [1.29, 1.82) is 0 Å². The average molecular weight is 725 g/mol. The third-order valence-electron chi connectivity index (χ3n) is 11.7. The van der Waals surface area contributed by atoms with Crippen LogP contribution in [0.4, 0.5) is 22.7 Å². The molecule has 0 spiro atoms. The van der Waals surface area contributed by atoms with Gasteiger partial charge in [-0.15, -0.1) is 0 Å². The van der Waals surface area contributed by atoms with E-state index in [0.717, 1.165) is 11.4 Å². The molecule has 0 aliphatic carbocycles.